The van der Waals surface area contributed by atoms with Crippen LogP contribution >= 0.6 is 11.8 Å². The molecule has 0 bridgehead atoms. The summed E-state index contributed by atoms with van der Waals surface area (Å²) in [6.07, 6.45) is -0.362. The number of fused-ring (bicyclic) bond motifs is 1. The molecule has 2 heterocycles. The van der Waals surface area contributed by atoms with Crippen LogP contribution in [0.25, 0.3) is 0 Å². The van der Waals surface area contributed by atoms with Gasteiger partial charge in [-0.2, -0.15) is 0 Å². The van der Waals surface area contributed by atoms with Crippen molar-refractivity contribution in [3.8, 4) is 0 Å². The first kappa shape index (κ1) is 15.1. The smallest absolute Gasteiger partial charge is 0.414 e. The Hall–Kier alpha value is -2.47. The van der Waals surface area contributed by atoms with E-state index in [0.29, 0.717) is 30.9 Å². The van der Waals surface area contributed by atoms with Crippen molar-refractivity contribution in [2.45, 2.75) is 4.90 Å². The van der Waals surface area contributed by atoms with Crippen LogP contribution in [0, 0.1) is 0 Å². The zero-order valence-electron chi connectivity index (χ0n) is 13.0. The molecule has 24 heavy (non-hydrogen) atoms. The average molecular weight is 340 g/mol. The number of hydrogen-bond donors (Lipinski definition) is 0. The van der Waals surface area contributed by atoms with Crippen LogP contribution < -0.4 is 9.80 Å². The highest BCUT2D eigenvalue weighted by Crippen LogP contribution is 2.35. The van der Waals surface area contributed by atoms with Gasteiger partial charge in [0.2, 0.25) is 0 Å². The van der Waals surface area contributed by atoms with Gasteiger partial charge in [-0.05, 0) is 30.3 Å². The van der Waals surface area contributed by atoms with Crippen molar-refractivity contribution in [3.05, 3.63) is 54.1 Å². The molecule has 6 heteroatoms. The largest absolute Gasteiger partial charge is 0.447 e. The second kappa shape index (κ2) is 6.20. The molecule has 2 aliphatic rings. The van der Waals surface area contributed by atoms with Crippen LogP contribution in [-0.2, 0) is 4.74 Å². The van der Waals surface area contributed by atoms with Gasteiger partial charge in [0.1, 0.15) is 6.61 Å². The fourth-order valence-electron chi connectivity index (χ4n) is 2.97. The Bertz CT molecular complexity index is 808. The summed E-state index contributed by atoms with van der Waals surface area (Å²) in [7, 11) is 0. The fourth-order valence-corrected chi connectivity index (χ4v) is 3.97. The highest BCUT2D eigenvalue weighted by atomic mass is 32.2. The molecule has 1 fully saturated rings. The number of cyclic esters (lactones) is 1. The van der Waals surface area contributed by atoms with Gasteiger partial charge in [0, 0.05) is 28.4 Å². The monoisotopic (exact) mass is 340 g/mol. The Morgan fingerprint density at radius 1 is 1.08 bits per heavy atom. The lowest BCUT2D eigenvalue weighted by atomic mass is 10.1. The first-order valence-electron chi connectivity index (χ1n) is 7.82. The van der Waals surface area contributed by atoms with Gasteiger partial charge in [-0.25, -0.2) is 4.79 Å². The van der Waals surface area contributed by atoms with Crippen LogP contribution in [0.5, 0.6) is 0 Å². The quantitative estimate of drug-likeness (QED) is 0.841. The summed E-state index contributed by atoms with van der Waals surface area (Å²) >= 11 is 1.77. The summed E-state index contributed by atoms with van der Waals surface area (Å²) in [6, 6.07) is 15.1. The van der Waals surface area contributed by atoms with Crippen molar-refractivity contribution in [3.63, 3.8) is 0 Å². The highest BCUT2D eigenvalue weighted by molar-refractivity contribution is 7.99. The third kappa shape index (κ3) is 2.63. The molecule has 0 aromatic heterocycles. The zero-order chi connectivity index (χ0) is 16.5. The maximum atomic E-state index is 13.0. The van der Waals surface area contributed by atoms with E-state index in [1.165, 1.54) is 0 Å². The molecule has 2 aromatic carbocycles. The van der Waals surface area contributed by atoms with Crippen molar-refractivity contribution in [2.75, 3.05) is 35.2 Å². The van der Waals surface area contributed by atoms with E-state index in [1.807, 2.05) is 35.2 Å². The number of hydrogen-bond acceptors (Lipinski definition) is 4. The third-order valence-electron chi connectivity index (χ3n) is 4.14. The van der Waals surface area contributed by atoms with Crippen LogP contribution in [0.3, 0.4) is 0 Å². The van der Waals surface area contributed by atoms with E-state index in [-0.39, 0.29) is 12.0 Å². The number of thioether (sulfide) groups is 1. The first-order valence-corrected chi connectivity index (χ1v) is 8.81. The number of amides is 2. The Balaban J connectivity index is 1.65. The molecule has 2 aromatic rings. The molecule has 0 spiro atoms. The maximum absolute atomic E-state index is 13.0. The van der Waals surface area contributed by atoms with E-state index in [4.69, 9.17) is 4.74 Å². The van der Waals surface area contributed by atoms with E-state index in [0.717, 1.165) is 16.3 Å². The number of carbonyl (C=O) groups is 2. The summed E-state index contributed by atoms with van der Waals surface area (Å²) in [5.74, 6) is 0.832. The van der Waals surface area contributed by atoms with Crippen LogP contribution in [0.2, 0.25) is 0 Å². The number of para-hydroxylation sites is 1. The minimum absolute atomic E-state index is 0.0443. The summed E-state index contributed by atoms with van der Waals surface area (Å²) < 4.78 is 4.97. The van der Waals surface area contributed by atoms with E-state index in [1.54, 1.807) is 34.9 Å². The zero-order valence-corrected chi connectivity index (χ0v) is 13.8. The molecule has 1 saturated heterocycles. The lowest BCUT2D eigenvalue weighted by Gasteiger charge is -2.29. The van der Waals surface area contributed by atoms with Gasteiger partial charge >= 0.3 is 6.09 Å². The summed E-state index contributed by atoms with van der Waals surface area (Å²) in [5, 5.41) is 0. The van der Waals surface area contributed by atoms with E-state index in [2.05, 4.69) is 0 Å². The van der Waals surface area contributed by atoms with Gasteiger partial charge in [0.15, 0.2) is 0 Å². The Morgan fingerprint density at radius 2 is 1.96 bits per heavy atom. The molecule has 2 amide bonds. The van der Waals surface area contributed by atoms with Crippen molar-refractivity contribution in [1.29, 1.82) is 0 Å². The lowest BCUT2D eigenvalue weighted by molar-refractivity contribution is 0.0987. The molecular weight excluding hydrogens is 324 g/mol. The summed E-state index contributed by atoms with van der Waals surface area (Å²) in [4.78, 5) is 29.2. The standard InChI is InChI=1S/C18H16N2O3S/c21-17(20-9-11-24-16-7-2-1-6-15(16)20)13-4-3-5-14(12-13)19-8-10-23-18(19)22/h1-7,12H,8-11H2. The predicted octanol–water partition coefficient (Wildman–Crippen LogP) is 3.40. The minimum atomic E-state index is -0.362. The van der Waals surface area contributed by atoms with Crippen LogP contribution in [0.1, 0.15) is 10.4 Å². The second-order valence-corrected chi connectivity index (χ2v) is 6.73. The molecule has 0 unspecified atom stereocenters. The van der Waals surface area contributed by atoms with Crippen LogP contribution in [-0.4, -0.2) is 37.4 Å². The number of carbonyl (C=O) groups excluding carboxylic acids is 2. The maximum Gasteiger partial charge on any atom is 0.414 e. The first-order chi connectivity index (χ1) is 11.7. The van der Waals surface area contributed by atoms with Gasteiger partial charge in [-0.3, -0.25) is 9.69 Å². The van der Waals surface area contributed by atoms with Crippen molar-refractivity contribution in [1.82, 2.24) is 0 Å². The third-order valence-corrected chi connectivity index (χ3v) is 5.18. The molecule has 0 atom stereocenters. The van der Waals surface area contributed by atoms with Crippen molar-refractivity contribution < 1.29 is 14.3 Å². The Morgan fingerprint density at radius 3 is 2.79 bits per heavy atom. The molecule has 5 nitrogen and oxygen atoms in total. The van der Waals surface area contributed by atoms with Crippen LogP contribution in [0.4, 0.5) is 16.2 Å². The molecular formula is C18H16N2O3S. The molecule has 0 radical (unpaired) electrons. The van der Waals surface area contributed by atoms with Gasteiger partial charge in [0.05, 0.1) is 12.2 Å². The van der Waals surface area contributed by atoms with E-state index >= 15 is 0 Å². The Labute approximate surface area is 144 Å². The number of nitrogens with zero attached hydrogens (tertiary/aromatic N) is 2. The second-order valence-electron chi connectivity index (χ2n) is 5.59. The topological polar surface area (TPSA) is 49.9 Å². The normalized spacial score (nSPS) is 16.8. The minimum Gasteiger partial charge on any atom is -0.447 e. The Kier molecular flexibility index (Phi) is 3.90. The predicted molar refractivity (Wildman–Crippen MR) is 94.0 cm³/mol. The molecule has 0 aliphatic carbocycles. The lowest BCUT2D eigenvalue weighted by Crippen LogP contribution is -2.35. The number of ether oxygens (including phenoxy) is 1. The van der Waals surface area contributed by atoms with Crippen molar-refractivity contribution in [2.24, 2.45) is 0 Å². The molecule has 122 valence electrons. The summed E-state index contributed by atoms with van der Waals surface area (Å²) in [6.45, 7) is 1.57. The van der Waals surface area contributed by atoms with E-state index < -0.39 is 0 Å². The molecule has 4 rings (SSSR count). The van der Waals surface area contributed by atoms with Crippen molar-refractivity contribution >= 4 is 35.1 Å². The van der Waals surface area contributed by atoms with Gasteiger partial charge in [-0.1, -0.05) is 18.2 Å². The van der Waals surface area contributed by atoms with Gasteiger partial charge in [0.25, 0.3) is 5.91 Å². The molecule has 0 N–H and O–H groups in total. The fraction of sp³-hybridized carbons (Fsp3) is 0.222. The SMILES string of the molecule is O=C1OCCN1c1cccc(C(=O)N2CCSc3ccccc32)c1. The van der Waals surface area contributed by atoms with Gasteiger partial charge < -0.3 is 9.64 Å². The number of rotatable bonds is 2. The molecule has 0 saturated carbocycles. The number of benzene rings is 2. The number of anilines is 2. The molecule has 2 aliphatic heterocycles. The summed E-state index contributed by atoms with van der Waals surface area (Å²) in [5.41, 5.74) is 2.22. The highest BCUT2D eigenvalue weighted by Gasteiger charge is 2.26. The average Bonchev–Trinajstić information content (AvgIpc) is 3.07. The van der Waals surface area contributed by atoms with E-state index in [9.17, 15) is 9.59 Å². The van der Waals surface area contributed by atoms with Gasteiger partial charge in [-0.15, -0.1) is 11.8 Å². The van der Waals surface area contributed by atoms with Crippen LogP contribution in [0.15, 0.2) is 53.4 Å².